The summed E-state index contributed by atoms with van der Waals surface area (Å²) in [5, 5.41) is 18.3. The number of benzene rings is 1. The standard InChI is InChI=1S/C20H24N6O6S/c27-19(28)13-25-9-6-21-17(25)11-24(12-18-22-7-10-26(18)14-20(29)30)8-5-15-1-3-16(4-2-15)23-33(31)32/h1-4,6-7,9-10,33H,5,8,11-14H2,(H,27,28)(H,29,30)(H,23,31,32). The van der Waals surface area contributed by atoms with E-state index in [-0.39, 0.29) is 13.1 Å². The van der Waals surface area contributed by atoms with Crippen molar-refractivity contribution in [3.05, 3.63) is 66.3 Å². The predicted octanol–water partition coefficient (Wildman–Crippen LogP) is 0.432. The Balaban J connectivity index is 1.75. The number of thiol groups is 1. The van der Waals surface area contributed by atoms with Crippen LogP contribution in [0.2, 0.25) is 0 Å². The number of carboxylic acid groups (broad SMARTS) is 2. The van der Waals surface area contributed by atoms with Gasteiger partial charge in [-0.3, -0.25) is 19.2 Å². The maximum atomic E-state index is 11.1. The maximum absolute atomic E-state index is 11.1. The summed E-state index contributed by atoms with van der Waals surface area (Å²) >= 11 is 0. The SMILES string of the molecule is O=C(O)Cn1ccnc1CN(CCc1ccc(N[SH](=O)=O)cc1)Cc1nccn1CC(=O)O. The molecule has 176 valence electrons. The molecule has 0 amide bonds. The molecular weight excluding hydrogens is 452 g/mol. The van der Waals surface area contributed by atoms with Crippen molar-refractivity contribution in [3.63, 3.8) is 0 Å². The first-order valence-corrected chi connectivity index (χ1v) is 11.1. The normalized spacial score (nSPS) is 11.2. The van der Waals surface area contributed by atoms with Gasteiger partial charge in [0.2, 0.25) is 10.9 Å². The fourth-order valence-electron chi connectivity index (χ4n) is 3.32. The van der Waals surface area contributed by atoms with Gasteiger partial charge in [0.1, 0.15) is 24.7 Å². The first-order valence-electron chi connectivity index (χ1n) is 9.96. The Labute approximate surface area is 191 Å². The molecule has 3 N–H and O–H groups in total. The maximum Gasteiger partial charge on any atom is 0.323 e. The minimum atomic E-state index is -2.73. The van der Waals surface area contributed by atoms with Crippen molar-refractivity contribution in [2.75, 3.05) is 11.3 Å². The van der Waals surface area contributed by atoms with Crippen molar-refractivity contribution in [1.29, 1.82) is 0 Å². The van der Waals surface area contributed by atoms with Crippen LogP contribution in [0.25, 0.3) is 0 Å². The summed E-state index contributed by atoms with van der Waals surface area (Å²) in [7, 11) is -2.73. The molecule has 0 saturated heterocycles. The zero-order valence-corrected chi connectivity index (χ0v) is 18.5. The third-order valence-corrected chi connectivity index (χ3v) is 5.28. The average Bonchev–Trinajstić information content (AvgIpc) is 3.35. The van der Waals surface area contributed by atoms with Crippen LogP contribution >= 0.6 is 0 Å². The summed E-state index contributed by atoms with van der Waals surface area (Å²) in [4.78, 5) is 32.8. The van der Waals surface area contributed by atoms with Gasteiger partial charge in [0.15, 0.2) is 0 Å². The highest BCUT2D eigenvalue weighted by Gasteiger charge is 2.16. The van der Waals surface area contributed by atoms with Gasteiger partial charge < -0.3 is 19.3 Å². The highest BCUT2D eigenvalue weighted by molar-refractivity contribution is 7.73. The van der Waals surface area contributed by atoms with E-state index in [9.17, 15) is 18.0 Å². The third-order valence-electron chi connectivity index (χ3n) is 4.84. The van der Waals surface area contributed by atoms with Gasteiger partial charge in [0, 0.05) is 37.0 Å². The lowest BCUT2D eigenvalue weighted by molar-refractivity contribution is -0.138. The molecule has 0 spiro atoms. The topological polar surface area (TPSA) is 160 Å². The molecule has 33 heavy (non-hydrogen) atoms. The summed E-state index contributed by atoms with van der Waals surface area (Å²) in [6.45, 7) is 0.774. The van der Waals surface area contributed by atoms with Crippen LogP contribution in [0.4, 0.5) is 5.69 Å². The smallest absolute Gasteiger partial charge is 0.323 e. The number of rotatable bonds is 13. The number of aliphatic carboxylic acids is 2. The Bertz CT molecular complexity index is 1110. The Hall–Kier alpha value is -3.71. The molecule has 2 heterocycles. The zero-order valence-electron chi connectivity index (χ0n) is 17.6. The molecule has 0 unspecified atom stereocenters. The first-order chi connectivity index (χ1) is 15.8. The molecule has 3 aromatic rings. The molecule has 0 fully saturated rings. The monoisotopic (exact) mass is 476 g/mol. The second-order valence-corrected chi connectivity index (χ2v) is 7.99. The number of carboxylic acids is 2. The van der Waals surface area contributed by atoms with Gasteiger partial charge in [0.25, 0.3) is 0 Å². The van der Waals surface area contributed by atoms with Crippen molar-refractivity contribution in [2.45, 2.75) is 32.6 Å². The second kappa shape index (κ2) is 11.2. The zero-order chi connectivity index (χ0) is 23.8. The van der Waals surface area contributed by atoms with Crippen LogP contribution < -0.4 is 4.72 Å². The van der Waals surface area contributed by atoms with Crippen molar-refractivity contribution < 1.29 is 28.2 Å². The van der Waals surface area contributed by atoms with E-state index in [1.165, 1.54) is 12.4 Å². The van der Waals surface area contributed by atoms with E-state index in [1.807, 2.05) is 17.0 Å². The van der Waals surface area contributed by atoms with E-state index < -0.39 is 22.8 Å². The minimum Gasteiger partial charge on any atom is -0.480 e. The number of anilines is 1. The molecular formula is C20H24N6O6S. The number of hydrogen-bond acceptors (Lipinski definition) is 7. The van der Waals surface area contributed by atoms with Gasteiger partial charge in [-0.25, -0.2) is 18.4 Å². The molecule has 0 atom stereocenters. The number of hydrogen-bond donors (Lipinski definition) is 4. The molecule has 0 bridgehead atoms. The molecule has 0 saturated carbocycles. The van der Waals surface area contributed by atoms with Crippen LogP contribution in [0.1, 0.15) is 17.2 Å². The number of carbonyl (C=O) groups is 2. The van der Waals surface area contributed by atoms with E-state index in [2.05, 4.69) is 14.7 Å². The Morgan fingerprint density at radius 1 is 0.909 bits per heavy atom. The Kier molecular flexibility index (Phi) is 8.16. The molecule has 12 nitrogen and oxygen atoms in total. The molecule has 2 aromatic heterocycles. The Morgan fingerprint density at radius 3 is 1.88 bits per heavy atom. The van der Waals surface area contributed by atoms with Crippen molar-refractivity contribution in [3.8, 4) is 0 Å². The van der Waals surface area contributed by atoms with E-state index in [0.29, 0.717) is 43.4 Å². The van der Waals surface area contributed by atoms with Gasteiger partial charge in [-0.2, -0.15) is 0 Å². The van der Waals surface area contributed by atoms with Gasteiger partial charge in [-0.1, -0.05) is 12.1 Å². The number of aromatic nitrogens is 4. The number of nitrogens with one attached hydrogen (secondary N) is 1. The molecule has 1 aromatic carbocycles. The molecule has 0 radical (unpaired) electrons. The second-order valence-electron chi connectivity index (χ2n) is 7.26. The third kappa shape index (κ3) is 7.43. The quantitative estimate of drug-likeness (QED) is 0.257. The summed E-state index contributed by atoms with van der Waals surface area (Å²) in [5.41, 5.74) is 1.44. The lowest BCUT2D eigenvalue weighted by atomic mass is 10.1. The molecule has 13 heteroatoms. The van der Waals surface area contributed by atoms with Crippen molar-refractivity contribution in [1.82, 2.24) is 24.0 Å². The van der Waals surface area contributed by atoms with Crippen molar-refractivity contribution in [2.24, 2.45) is 0 Å². The predicted molar refractivity (Wildman–Crippen MR) is 118 cm³/mol. The number of imidazole rings is 2. The summed E-state index contributed by atoms with van der Waals surface area (Å²) in [6, 6.07) is 6.97. The average molecular weight is 477 g/mol. The van der Waals surface area contributed by atoms with E-state index in [4.69, 9.17) is 10.2 Å². The van der Waals surface area contributed by atoms with E-state index in [0.717, 1.165) is 5.56 Å². The highest BCUT2D eigenvalue weighted by atomic mass is 32.2. The van der Waals surface area contributed by atoms with Crippen LogP contribution in [0, 0.1) is 0 Å². The molecule has 0 aliphatic rings. The first kappa shape index (κ1) is 23.9. The fourth-order valence-corrected chi connectivity index (χ4v) is 3.68. The highest BCUT2D eigenvalue weighted by Crippen LogP contribution is 2.13. The Morgan fingerprint density at radius 2 is 1.42 bits per heavy atom. The lowest BCUT2D eigenvalue weighted by Gasteiger charge is -2.22. The van der Waals surface area contributed by atoms with Crippen LogP contribution in [0.3, 0.4) is 0 Å². The fraction of sp³-hybridized carbons (Fsp3) is 0.300. The van der Waals surface area contributed by atoms with E-state index in [1.54, 1.807) is 33.7 Å². The van der Waals surface area contributed by atoms with Gasteiger partial charge in [0.05, 0.1) is 13.1 Å². The summed E-state index contributed by atoms with van der Waals surface area (Å²) in [6.07, 6.45) is 6.88. The van der Waals surface area contributed by atoms with Crippen molar-refractivity contribution >= 4 is 28.5 Å². The molecule has 0 aliphatic heterocycles. The largest absolute Gasteiger partial charge is 0.480 e. The van der Waals surface area contributed by atoms with E-state index >= 15 is 0 Å². The van der Waals surface area contributed by atoms with Crippen LogP contribution in [0.5, 0.6) is 0 Å². The van der Waals surface area contributed by atoms with Gasteiger partial charge in [-0.15, -0.1) is 0 Å². The number of nitrogens with zero attached hydrogens (tertiary/aromatic N) is 5. The van der Waals surface area contributed by atoms with Gasteiger partial charge in [-0.05, 0) is 24.1 Å². The summed E-state index contributed by atoms with van der Waals surface area (Å²) in [5.74, 6) is -0.835. The van der Waals surface area contributed by atoms with Crippen LogP contribution in [-0.2, 0) is 53.1 Å². The molecule has 0 aliphatic carbocycles. The van der Waals surface area contributed by atoms with Crippen LogP contribution in [-0.4, -0.2) is 61.1 Å². The van der Waals surface area contributed by atoms with Gasteiger partial charge >= 0.3 is 11.9 Å². The van der Waals surface area contributed by atoms with Crippen LogP contribution in [0.15, 0.2) is 49.1 Å². The minimum absolute atomic E-state index is 0.215. The summed E-state index contributed by atoms with van der Waals surface area (Å²) < 4.78 is 27.0. The molecule has 3 rings (SSSR count). The lowest BCUT2D eigenvalue weighted by Crippen LogP contribution is -2.29.